The number of halogens is 1. The molecule has 0 spiro atoms. The van der Waals surface area contributed by atoms with E-state index in [9.17, 15) is 0 Å². The topological polar surface area (TPSA) is 37.8 Å². The number of hydrogen-bond donors (Lipinski definition) is 0. The van der Waals surface area contributed by atoms with Gasteiger partial charge in [0.25, 0.3) is 0 Å². The van der Waals surface area contributed by atoms with Crippen molar-refractivity contribution in [3.8, 4) is 11.5 Å². The van der Waals surface area contributed by atoms with E-state index in [1.807, 2.05) is 43.3 Å². The number of benzene rings is 2. The van der Waals surface area contributed by atoms with Crippen molar-refractivity contribution >= 4 is 28.2 Å². The molecule has 1 saturated heterocycles. The molecule has 2 aromatic carbocycles. The zero-order valence-electron chi connectivity index (χ0n) is 16.5. The van der Waals surface area contributed by atoms with Crippen LogP contribution in [0.15, 0.2) is 48.5 Å². The van der Waals surface area contributed by atoms with Crippen LogP contribution >= 0.6 is 11.6 Å². The lowest BCUT2D eigenvalue weighted by Crippen LogP contribution is -2.50. The second-order valence-electron chi connectivity index (χ2n) is 7.73. The van der Waals surface area contributed by atoms with Crippen LogP contribution < -0.4 is 14.4 Å². The Morgan fingerprint density at radius 3 is 2.76 bits per heavy atom. The average Bonchev–Trinajstić information content (AvgIpc) is 2.74. The van der Waals surface area contributed by atoms with Gasteiger partial charge in [-0.1, -0.05) is 17.7 Å². The molecule has 1 unspecified atom stereocenters. The van der Waals surface area contributed by atoms with E-state index in [2.05, 4.69) is 26.9 Å². The number of anilines is 1. The molecule has 2 aliphatic heterocycles. The van der Waals surface area contributed by atoms with Gasteiger partial charge >= 0.3 is 0 Å². The summed E-state index contributed by atoms with van der Waals surface area (Å²) < 4.78 is 12.4. The molecule has 1 atom stereocenters. The Morgan fingerprint density at radius 2 is 1.93 bits per heavy atom. The monoisotopic (exact) mass is 409 g/mol. The minimum Gasteiger partial charge on any atom is -0.486 e. The van der Waals surface area contributed by atoms with Crippen LogP contribution in [-0.2, 0) is 0 Å². The highest BCUT2D eigenvalue weighted by atomic mass is 35.5. The summed E-state index contributed by atoms with van der Waals surface area (Å²) in [4.78, 5) is 9.45. The molecule has 0 aliphatic carbocycles. The van der Waals surface area contributed by atoms with Crippen LogP contribution in [0.3, 0.4) is 0 Å². The maximum atomic E-state index is 6.38. The molecule has 0 N–H and O–H groups in total. The summed E-state index contributed by atoms with van der Waals surface area (Å²) in [5.74, 6) is 1.63. The zero-order valence-corrected chi connectivity index (χ0v) is 17.2. The quantitative estimate of drug-likeness (QED) is 0.649. The summed E-state index contributed by atoms with van der Waals surface area (Å²) in [7, 11) is 0. The van der Waals surface area contributed by atoms with Gasteiger partial charge in [0.15, 0.2) is 11.5 Å². The average molecular weight is 410 g/mol. The van der Waals surface area contributed by atoms with Crippen molar-refractivity contribution in [1.82, 2.24) is 9.88 Å². The highest BCUT2D eigenvalue weighted by Gasteiger charge is 2.27. The Balaban J connectivity index is 1.24. The SMILES string of the molecule is Cc1ccc2c3c(ccc2n1)OCC(CN1CCN(c2cccc(Cl)c2)CC1)O3. The fraction of sp³-hybridized carbons (Fsp3) is 0.348. The van der Waals surface area contributed by atoms with E-state index in [-0.39, 0.29) is 6.10 Å². The Kier molecular flexibility index (Phi) is 4.94. The summed E-state index contributed by atoms with van der Waals surface area (Å²) in [5.41, 5.74) is 3.14. The Labute approximate surface area is 175 Å². The first-order chi connectivity index (χ1) is 14.2. The number of nitrogens with zero attached hydrogens (tertiary/aromatic N) is 3. The van der Waals surface area contributed by atoms with Crippen LogP contribution in [0, 0.1) is 6.92 Å². The van der Waals surface area contributed by atoms with Gasteiger partial charge in [-0.25, -0.2) is 0 Å². The Bertz CT molecular complexity index is 1030. The van der Waals surface area contributed by atoms with E-state index in [0.717, 1.165) is 65.8 Å². The number of piperazine rings is 1. The van der Waals surface area contributed by atoms with Gasteiger partial charge in [0.05, 0.1) is 5.52 Å². The first-order valence-corrected chi connectivity index (χ1v) is 10.5. The summed E-state index contributed by atoms with van der Waals surface area (Å²) in [6, 6.07) is 16.1. The first-order valence-electron chi connectivity index (χ1n) is 10.1. The van der Waals surface area contributed by atoms with E-state index in [0.29, 0.717) is 6.61 Å². The van der Waals surface area contributed by atoms with Crippen LogP contribution in [0.25, 0.3) is 10.9 Å². The van der Waals surface area contributed by atoms with Crippen LogP contribution in [0.2, 0.25) is 5.02 Å². The van der Waals surface area contributed by atoms with Crippen LogP contribution in [0.5, 0.6) is 11.5 Å². The van der Waals surface area contributed by atoms with Gasteiger partial charge in [-0.2, -0.15) is 0 Å². The summed E-state index contributed by atoms with van der Waals surface area (Å²) in [6.45, 7) is 7.39. The molecule has 150 valence electrons. The number of pyridine rings is 1. The number of rotatable bonds is 3. The number of aromatic nitrogens is 1. The number of fused-ring (bicyclic) bond motifs is 3. The van der Waals surface area contributed by atoms with Gasteiger partial charge in [0, 0.05) is 54.5 Å². The summed E-state index contributed by atoms with van der Waals surface area (Å²) in [5, 5.41) is 1.80. The lowest BCUT2D eigenvalue weighted by molar-refractivity contribution is 0.0587. The van der Waals surface area contributed by atoms with E-state index >= 15 is 0 Å². The molecule has 6 heteroatoms. The number of aryl methyl sites for hydroxylation is 1. The normalized spacial score (nSPS) is 19.5. The third kappa shape index (κ3) is 3.85. The molecule has 3 heterocycles. The van der Waals surface area contributed by atoms with Gasteiger partial charge in [-0.05, 0) is 49.4 Å². The fourth-order valence-corrected chi connectivity index (χ4v) is 4.30. The molecule has 1 fully saturated rings. The molecule has 1 aromatic heterocycles. The van der Waals surface area contributed by atoms with Crippen molar-refractivity contribution in [1.29, 1.82) is 0 Å². The van der Waals surface area contributed by atoms with Crippen LogP contribution in [0.1, 0.15) is 5.69 Å². The van der Waals surface area contributed by atoms with Gasteiger partial charge < -0.3 is 14.4 Å². The maximum absolute atomic E-state index is 6.38. The Morgan fingerprint density at radius 1 is 1.07 bits per heavy atom. The minimum atomic E-state index is 0.0205. The summed E-state index contributed by atoms with van der Waals surface area (Å²) in [6.07, 6.45) is 0.0205. The molecule has 3 aromatic rings. The van der Waals surface area contributed by atoms with Crippen LogP contribution in [-0.4, -0.2) is 55.3 Å². The van der Waals surface area contributed by atoms with Gasteiger partial charge in [0.2, 0.25) is 0 Å². The predicted molar refractivity (Wildman–Crippen MR) is 116 cm³/mol. The third-order valence-corrected chi connectivity index (χ3v) is 5.88. The van der Waals surface area contributed by atoms with E-state index in [1.54, 1.807) is 0 Å². The Hall–Kier alpha value is -2.50. The van der Waals surface area contributed by atoms with Crippen molar-refractivity contribution in [2.24, 2.45) is 0 Å². The van der Waals surface area contributed by atoms with Crippen molar-refractivity contribution in [2.45, 2.75) is 13.0 Å². The molecule has 29 heavy (non-hydrogen) atoms. The molecular formula is C23H24ClN3O2. The standard InChI is InChI=1S/C23H24ClN3O2/c1-16-5-6-20-21(25-16)7-8-22-23(20)29-19(15-28-22)14-26-9-11-27(12-10-26)18-4-2-3-17(24)13-18/h2-8,13,19H,9-12,14-15H2,1H3. The van der Waals surface area contributed by atoms with Gasteiger partial charge in [-0.3, -0.25) is 9.88 Å². The highest BCUT2D eigenvalue weighted by Crippen LogP contribution is 2.38. The zero-order chi connectivity index (χ0) is 19.8. The van der Waals surface area contributed by atoms with E-state index in [4.69, 9.17) is 21.1 Å². The third-order valence-electron chi connectivity index (χ3n) is 5.64. The second kappa shape index (κ2) is 7.73. The summed E-state index contributed by atoms with van der Waals surface area (Å²) >= 11 is 6.14. The maximum Gasteiger partial charge on any atom is 0.171 e. The van der Waals surface area contributed by atoms with E-state index in [1.165, 1.54) is 5.69 Å². The predicted octanol–water partition coefficient (Wildman–Crippen LogP) is 4.16. The lowest BCUT2D eigenvalue weighted by atomic mass is 10.1. The van der Waals surface area contributed by atoms with Crippen molar-refractivity contribution in [3.05, 3.63) is 59.2 Å². The van der Waals surface area contributed by atoms with E-state index < -0.39 is 0 Å². The molecule has 5 rings (SSSR count). The first kappa shape index (κ1) is 18.5. The molecule has 5 nitrogen and oxygen atoms in total. The largest absolute Gasteiger partial charge is 0.486 e. The van der Waals surface area contributed by atoms with Crippen molar-refractivity contribution < 1.29 is 9.47 Å². The molecular weight excluding hydrogens is 386 g/mol. The fourth-order valence-electron chi connectivity index (χ4n) is 4.12. The van der Waals surface area contributed by atoms with Crippen LogP contribution in [0.4, 0.5) is 5.69 Å². The minimum absolute atomic E-state index is 0.0205. The lowest BCUT2D eigenvalue weighted by Gasteiger charge is -2.38. The number of hydrogen-bond acceptors (Lipinski definition) is 5. The smallest absolute Gasteiger partial charge is 0.171 e. The molecule has 0 saturated carbocycles. The number of ether oxygens (including phenoxy) is 2. The van der Waals surface area contributed by atoms with Gasteiger partial charge in [-0.15, -0.1) is 0 Å². The molecule has 0 radical (unpaired) electrons. The highest BCUT2D eigenvalue weighted by molar-refractivity contribution is 6.30. The van der Waals surface area contributed by atoms with Crippen molar-refractivity contribution in [2.75, 3.05) is 44.2 Å². The molecule has 0 amide bonds. The van der Waals surface area contributed by atoms with Crippen molar-refractivity contribution in [3.63, 3.8) is 0 Å². The van der Waals surface area contributed by atoms with Gasteiger partial charge in [0.1, 0.15) is 12.7 Å². The second-order valence-corrected chi connectivity index (χ2v) is 8.17. The molecule has 0 bridgehead atoms. The molecule has 2 aliphatic rings.